The molecule has 1 spiro atoms. The number of nitrogens with two attached hydrogens (primary N) is 1. The van der Waals surface area contributed by atoms with Crippen LogP contribution in [0.1, 0.15) is 47.9 Å². The third-order valence-electron chi connectivity index (χ3n) is 8.32. The van der Waals surface area contributed by atoms with E-state index in [0.717, 1.165) is 72.4 Å². The molecule has 0 aromatic carbocycles. The van der Waals surface area contributed by atoms with Crippen molar-refractivity contribution in [3.63, 3.8) is 0 Å². The lowest BCUT2D eigenvalue weighted by Crippen LogP contribution is -2.45. The van der Waals surface area contributed by atoms with Crippen molar-refractivity contribution in [2.24, 2.45) is 11.1 Å². The molecule has 0 saturated carbocycles. The molecule has 36 heavy (non-hydrogen) atoms. The molecule has 6 heterocycles. The average Bonchev–Trinajstić information content (AvgIpc) is 3.58. The molecule has 0 unspecified atom stereocenters. The maximum atomic E-state index is 10.2. The Labute approximate surface area is 214 Å². The van der Waals surface area contributed by atoms with E-state index >= 15 is 0 Å². The highest BCUT2D eigenvalue weighted by Gasteiger charge is 2.46. The minimum Gasteiger partial charge on any atom is -0.390 e. The Bertz CT molecular complexity index is 1460. The van der Waals surface area contributed by atoms with Crippen LogP contribution in [-0.2, 0) is 26.0 Å². The van der Waals surface area contributed by atoms with E-state index < -0.39 is 0 Å². The molecule has 1 aliphatic carbocycles. The summed E-state index contributed by atoms with van der Waals surface area (Å²) >= 11 is 1.59. The van der Waals surface area contributed by atoms with E-state index in [1.165, 1.54) is 23.1 Å². The number of pyridine rings is 2. The van der Waals surface area contributed by atoms with Gasteiger partial charge in [0, 0.05) is 59.7 Å². The number of aryl methyl sites for hydroxylation is 2. The smallest absolute Gasteiger partial charge is 0.152 e. The predicted octanol–water partition coefficient (Wildman–Crippen LogP) is 3.65. The Balaban J connectivity index is 1.11. The molecule has 8 nitrogen and oxygen atoms in total. The van der Waals surface area contributed by atoms with Gasteiger partial charge in [0.2, 0.25) is 0 Å². The minimum atomic E-state index is -0.139. The molecule has 0 radical (unpaired) electrons. The van der Waals surface area contributed by atoms with Crippen molar-refractivity contribution in [2.45, 2.75) is 61.2 Å². The van der Waals surface area contributed by atoms with Crippen LogP contribution in [0.25, 0.3) is 11.0 Å². The molecule has 4 aromatic heterocycles. The highest BCUT2D eigenvalue weighted by atomic mass is 32.2. The summed E-state index contributed by atoms with van der Waals surface area (Å²) in [6.07, 6.45) is 10.7. The number of anilines is 1. The lowest BCUT2D eigenvalue weighted by atomic mass is 9.73. The standard InChI is InChI=1S/C27H29N7OS/c28-24-18-4-1-8-29-20(18)14-27(24)6-11-33(12-7-27)26-21(16-35)32-23(15-31-26)36-22-5-9-30-25-19(22)13-17-3-2-10-34(17)25/h1,4-5,8-9,13,15,24,35H,2-3,6-7,10-12,14,16,28H2/t24-/m1/s1. The lowest BCUT2D eigenvalue weighted by Gasteiger charge is -2.42. The second-order valence-electron chi connectivity index (χ2n) is 10.2. The molecule has 1 saturated heterocycles. The van der Waals surface area contributed by atoms with E-state index in [2.05, 4.69) is 31.6 Å². The monoisotopic (exact) mass is 499 g/mol. The molecule has 184 valence electrons. The molecule has 4 aromatic rings. The molecule has 9 heteroatoms. The zero-order valence-corrected chi connectivity index (χ0v) is 20.9. The summed E-state index contributed by atoms with van der Waals surface area (Å²) in [5, 5.41) is 12.1. The van der Waals surface area contributed by atoms with Crippen LogP contribution in [-0.4, -0.2) is 42.7 Å². The molecule has 3 aliphatic rings. The van der Waals surface area contributed by atoms with E-state index in [0.29, 0.717) is 5.69 Å². The molecule has 2 aliphatic heterocycles. The first-order valence-corrected chi connectivity index (χ1v) is 13.5. The SMILES string of the molecule is N[C@@H]1c2cccnc2CC12CCN(c1ncc(Sc3ccnc4c3cc3n4CCC3)nc1CO)CC2. The fourth-order valence-corrected chi connectivity index (χ4v) is 7.26. The van der Waals surface area contributed by atoms with Crippen LogP contribution in [0.2, 0.25) is 0 Å². The van der Waals surface area contributed by atoms with Gasteiger partial charge in [-0.05, 0) is 61.3 Å². The van der Waals surface area contributed by atoms with Crippen molar-refractivity contribution in [1.82, 2.24) is 24.5 Å². The van der Waals surface area contributed by atoms with Gasteiger partial charge in [0.25, 0.3) is 0 Å². The second kappa shape index (κ2) is 8.54. The van der Waals surface area contributed by atoms with Crippen molar-refractivity contribution < 1.29 is 5.11 Å². The zero-order chi connectivity index (χ0) is 24.3. The number of rotatable bonds is 4. The molecule has 1 atom stereocenters. The Morgan fingerprint density at radius 3 is 2.83 bits per heavy atom. The Kier molecular flexibility index (Phi) is 5.27. The summed E-state index contributed by atoms with van der Waals surface area (Å²) in [6, 6.07) is 8.43. The zero-order valence-electron chi connectivity index (χ0n) is 20.1. The van der Waals surface area contributed by atoms with Crippen LogP contribution in [0.3, 0.4) is 0 Å². The van der Waals surface area contributed by atoms with Gasteiger partial charge in [-0.1, -0.05) is 17.8 Å². The first-order valence-electron chi connectivity index (χ1n) is 12.7. The van der Waals surface area contributed by atoms with Gasteiger partial charge < -0.3 is 20.3 Å². The summed E-state index contributed by atoms with van der Waals surface area (Å²) in [5.74, 6) is 0.779. The van der Waals surface area contributed by atoms with E-state index in [1.807, 2.05) is 30.7 Å². The number of fused-ring (bicyclic) bond motifs is 4. The van der Waals surface area contributed by atoms with E-state index in [1.54, 1.807) is 11.8 Å². The Morgan fingerprint density at radius 1 is 1.11 bits per heavy atom. The van der Waals surface area contributed by atoms with Crippen molar-refractivity contribution in [1.29, 1.82) is 0 Å². The minimum absolute atomic E-state index is 0.0263. The third-order valence-corrected chi connectivity index (χ3v) is 9.30. The Hall–Kier alpha value is -3.01. The summed E-state index contributed by atoms with van der Waals surface area (Å²) in [4.78, 5) is 22.2. The van der Waals surface area contributed by atoms with Gasteiger partial charge in [-0.2, -0.15) is 0 Å². The first kappa shape index (κ1) is 22.2. The summed E-state index contributed by atoms with van der Waals surface area (Å²) in [6.45, 7) is 2.58. The third kappa shape index (κ3) is 3.44. The van der Waals surface area contributed by atoms with Crippen LogP contribution in [0, 0.1) is 5.41 Å². The van der Waals surface area contributed by atoms with Gasteiger partial charge in [0.15, 0.2) is 5.82 Å². The molecule has 0 amide bonds. The van der Waals surface area contributed by atoms with Crippen molar-refractivity contribution in [2.75, 3.05) is 18.0 Å². The number of piperidine rings is 1. The summed E-state index contributed by atoms with van der Waals surface area (Å²) in [5.41, 5.74) is 12.1. The van der Waals surface area contributed by atoms with Gasteiger partial charge in [0.1, 0.15) is 16.4 Å². The van der Waals surface area contributed by atoms with Crippen LogP contribution in [0.5, 0.6) is 0 Å². The number of aliphatic hydroxyl groups is 1. The lowest BCUT2D eigenvalue weighted by molar-refractivity contribution is 0.186. The molecular weight excluding hydrogens is 470 g/mol. The maximum Gasteiger partial charge on any atom is 0.152 e. The van der Waals surface area contributed by atoms with Gasteiger partial charge in [0.05, 0.1) is 12.8 Å². The number of aliphatic hydroxyl groups excluding tert-OH is 1. The summed E-state index contributed by atoms with van der Waals surface area (Å²) in [7, 11) is 0. The van der Waals surface area contributed by atoms with E-state index in [4.69, 9.17) is 15.7 Å². The normalized spacial score (nSPS) is 20.3. The van der Waals surface area contributed by atoms with Crippen LogP contribution in [0.4, 0.5) is 5.82 Å². The molecule has 0 bridgehead atoms. The maximum absolute atomic E-state index is 10.2. The van der Waals surface area contributed by atoms with Crippen molar-refractivity contribution in [3.05, 3.63) is 65.5 Å². The van der Waals surface area contributed by atoms with Gasteiger partial charge in [-0.3, -0.25) is 4.98 Å². The van der Waals surface area contributed by atoms with Gasteiger partial charge >= 0.3 is 0 Å². The van der Waals surface area contributed by atoms with Crippen LogP contribution < -0.4 is 10.6 Å². The second-order valence-corrected chi connectivity index (χ2v) is 11.3. The molecule has 3 N–H and O–H groups in total. The largest absolute Gasteiger partial charge is 0.390 e. The van der Waals surface area contributed by atoms with Crippen molar-refractivity contribution in [3.8, 4) is 0 Å². The fraction of sp³-hybridized carbons (Fsp3) is 0.407. The number of aromatic nitrogens is 5. The molecule has 1 fully saturated rings. The summed E-state index contributed by atoms with van der Waals surface area (Å²) < 4.78 is 2.32. The molecular formula is C27H29N7OS. The predicted molar refractivity (Wildman–Crippen MR) is 139 cm³/mol. The van der Waals surface area contributed by atoms with E-state index in [-0.39, 0.29) is 18.1 Å². The number of hydrogen-bond donors (Lipinski definition) is 2. The Morgan fingerprint density at radius 2 is 2.00 bits per heavy atom. The number of hydrogen-bond acceptors (Lipinski definition) is 8. The van der Waals surface area contributed by atoms with Crippen molar-refractivity contribution >= 4 is 28.6 Å². The van der Waals surface area contributed by atoms with Gasteiger partial charge in [-0.25, -0.2) is 15.0 Å². The highest BCUT2D eigenvalue weighted by molar-refractivity contribution is 7.99. The quantitative estimate of drug-likeness (QED) is 0.438. The number of nitrogens with zero attached hydrogens (tertiary/aromatic N) is 6. The molecule has 7 rings (SSSR count). The highest BCUT2D eigenvalue weighted by Crippen LogP contribution is 2.50. The average molecular weight is 500 g/mol. The topological polar surface area (TPSA) is 106 Å². The van der Waals surface area contributed by atoms with Crippen LogP contribution >= 0.6 is 11.8 Å². The van der Waals surface area contributed by atoms with Crippen LogP contribution in [0.15, 0.2) is 52.8 Å². The first-order chi connectivity index (χ1) is 17.6. The fourth-order valence-electron chi connectivity index (χ4n) is 6.38. The van der Waals surface area contributed by atoms with Gasteiger partial charge in [-0.15, -0.1) is 0 Å². The van der Waals surface area contributed by atoms with E-state index in [9.17, 15) is 5.11 Å².